The summed E-state index contributed by atoms with van der Waals surface area (Å²) in [6.07, 6.45) is 2.00. The fourth-order valence-electron chi connectivity index (χ4n) is 0.658. The van der Waals surface area contributed by atoms with E-state index in [1.807, 2.05) is 12.1 Å². The molecule has 2 nitrogen and oxygen atoms in total. The normalized spacial score (nSPS) is 9.18. The quantitative estimate of drug-likeness (QED) is 0.790. The summed E-state index contributed by atoms with van der Waals surface area (Å²) >= 11 is 6.64. The number of nitriles is 1. The van der Waals surface area contributed by atoms with Crippen molar-refractivity contribution in [2.24, 2.45) is 0 Å². The minimum atomic E-state index is 0.333. The highest BCUT2D eigenvalue weighted by atomic mass is 79.9. The molecule has 0 radical (unpaired) electrons. The van der Waals surface area contributed by atoms with Crippen molar-refractivity contribution in [3.05, 3.63) is 26.9 Å². The summed E-state index contributed by atoms with van der Waals surface area (Å²) < 4.78 is 1.79. The van der Waals surface area contributed by atoms with Crippen molar-refractivity contribution in [2.75, 3.05) is 0 Å². The second-order valence-electron chi connectivity index (χ2n) is 1.89. The van der Waals surface area contributed by atoms with Crippen LogP contribution < -0.4 is 0 Å². The summed E-state index contributed by atoms with van der Waals surface area (Å²) in [5, 5.41) is 8.41. The maximum Gasteiger partial charge on any atom is 0.0786 e. The molecule has 0 aliphatic rings. The zero-order chi connectivity index (χ0) is 8.27. The Kier molecular flexibility index (Phi) is 3.03. The number of rotatable bonds is 1. The Morgan fingerprint density at radius 2 is 2.27 bits per heavy atom. The van der Waals surface area contributed by atoms with E-state index in [4.69, 9.17) is 5.26 Å². The number of hydrogen-bond acceptors (Lipinski definition) is 2. The molecular formula is C7H4Br2N2. The molecule has 0 saturated carbocycles. The molecule has 0 aliphatic heterocycles. The van der Waals surface area contributed by atoms with Crippen LogP contribution in [0.1, 0.15) is 5.69 Å². The molecule has 0 aliphatic carbocycles. The molecule has 0 atom stereocenters. The molecule has 0 unspecified atom stereocenters. The van der Waals surface area contributed by atoms with Gasteiger partial charge in [0.25, 0.3) is 0 Å². The van der Waals surface area contributed by atoms with E-state index in [1.54, 1.807) is 6.20 Å². The van der Waals surface area contributed by atoms with Gasteiger partial charge in [-0.3, -0.25) is 4.98 Å². The SMILES string of the molecule is N#CCc1nccc(Br)c1Br. The summed E-state index contributed by atoms with van der Waals surface area (Å²) in [6.45, 7) is 0. The van der Waals surface area contributed by atoms with Gasteiger partial charge in [-0.2, -0.15) is 5.26 Å². The van der Waals surface area contributed by atoms with Crippen molar-refractivity contribution in [1.29, 1.82) is 5.26 Å². The standard InChI is InChI=1S/C7H4Br2N2/c8-5-2-4-11-6(1-3-10)7(5)9/h2,4H,1H2. The van der Waals surface area contributed by atoms with Crippen LogP contribution in [0.5, 0.6) is 0 Å². The summed E-state index contributed by atoms with van der Waals surface area (Å²) in [4.78, 5) is 4.03. The van der Waals surface area contributed by atoms with Crippen LogP contribution in [0.4, 0.5) is 0 Å². The molecule has 0 saturated heterocycles. The van der Waals surface area contributed by atoms with E-state index in [2.05, 4.69) is 36.8 Å². The van der Waals surface area contributed by atoms with E-state index in [0.29, 0.717) is 6.42 Å². The average Bonchev–Trinajstić information content (AvgIpc) is 1.99. The smallest absolute Gasteiger partial charge is 0.0786 e. The van der Waals surface area contributed by atoms with Crippen molar-refractivity contribution in [2.45, 2.75) is 6.42 Å². The van der Waals surface area contributed by atoms with Gasteiger partial charge < -0.3 is 0 Å². The molecule has 4 heteroatoms. The molecule has 0 spiro atoms. The zero-order valence-corrected chi connectivity index (χ0v) is 8.68. The lowest BCUT2D eigenvalue weighted by atomic mass is 10.3. The molecular weight excluding hydrogens is 272 g/mol. The van der Waals surface area contributed by atoms with Gasteiger partial charge in [-0.15, -0.1) is 0 Å². The van der Waals surface area contributed by atoms with Gasteiger partial charge in [-0.25, -0.2) is 0 Å². The van der Waals surface area contributed by atoms with Gasteiger partial charge in [0, 0.05) is 10.7 Å². The highest BCUT2D eigenvalue weighted by molar-refractivity contribution is 9.13. The van der Waals surface area contributed by atoms with E-state index in [1.165, 1.54) is 0 Å². The third kappa shape index (κ3) is 2.01. The first-order valence-corrected chi connectivity index (χ1v) is 4.50. The van der Waals surface area contributed by atoms with Gasteiger partial charge >= 0.3 is 0 Å². The monoisotopic (exact) mass is 274 g/mol. The second kappa shape index (κ2) is 3.84. The number of hydrogen-bond donors (Lipinski definition) is 0. The van der Waals surface area contributed by atoms with Gasteiger partial charge in [0.15, 0.2) is 0 Å². The number of aromatic nitrogens is 1. The lowest BCUT2D eigenvalue weighted by Crippen LogP contribution is -1.88. The van der Waals surface area contributed by atoms with Crippen molar-refractivity contribution in [1.82, 2.24) is 4.98 Å². The van der Waals surface area contributed by atoms with Crippen molar-refractivity contribution < 1.29 is 0 Å². The topological polar surface area (TPSA) is 36.7 Å². The number of pyridine rings is 1. The van der Waals surface area contributed by atoms with Crippen LogP contribution in [0.3, 0.4) is 0 Å². The van der Waals surface area contributed by atoms with E-state index in [-0.39, 0.29) is 0 Å². The Hall–Kier alpha value is -0.400. The molecule has 1 rings (SSSR count). The minimum Gasteiger partial charge on any atom is -0.259 e. The van der Waals surface area contributed by atoms with E-state index < -0.39 is 0 Å². The molecule has 0 bridgehead atoms. The molecule has 1 heterocycles. The Morgan fingerprint density at radius 3 is 2.91 bits per heavy atom. The van der Waals surface area contributed by atoms with Crippen molar-refractivity contribution in [3.63, 3.8) is 0 Å². The molecule has 0 amide bonds. The predicted octanol–water partition coefficient (Wildman–Crippen LogP) is 2.67. The lowest BCUT2D eigenvalue weighted by Gasteiger charge is -1.98. The predicted molar refractivity (Wildman–Crippen MR) is 49.0 cm³/mol. The summed E-state index contributed by atoms with van der Waals surface area (Å²) in [6, 6.07) is 3.86. The van der Waals surface area contributed by atoms with Crippen LogP contribution in [-0.4, -0.2) is 4.98 Å². The Bertz CT molecular complexity index is 304. The van der Waals surface area contributed by atoms with Gasteiger partial charge in [0.1, 0.15) is 0 Å². The molecule has 56 valence electrons. The fraction of sp³-hybridized carbons (Fsp3) is 0.143. The Labute approximate surface area is 81.5 Å². The maximum absolute atomic E-state index is 8.41. The van der Waals surface area contributed by atoms with Crippen LogP contribution in [0.15, 0.2) is 21.2 Å². The molecule has 0 aromatic carbocycles. The van der Waals surface area contributed by atoms with Gasteiger partial charge in [-0.1, -0.05) is 0 Å². The third-order valence-corrected chi connectivity index (χ3v) is 3.24. The molecule has 1 aromatic heterocycles. The molecule has 0 N–H and O–H groups in total. The maximum atomic E-state index is 8.41. The van der Waals surface area contributed by atoms with Crippen molar-refractivity contribution in [3.8, 4) is 6.07 Å². The molecule has 1 aromatic rings. The molecule has 0 fully saturated rings. The largest absolute Gasteiger partial charge is 0.259 e. The van der Waals surface area contributed by atoms with Crippen LogP contribution in [-0.2, 0) is 6.42 Å². The summed E-state index contributed by atoms with van der Waals surface area (Å²) in [5.41, 5.74) is 0.766. The highest BCUT2D eigenvalue weighted by Crippen LogP contribution is 2.24. The second-order valence-corrected chi connectivity index (χ2v) is 3.54. The first-order chi connectivity index (χ1) is 5.25. The molecule has 11 heavy (non-hydrogen) atoms. The summed E-state index contributed by atoms with van der Waals surface area (Å²) in [7, 11) is 0. The van der Waals surface area contributed by atoms with Crippen LogP contribution >= 0.6 is 31.9 Å². The van der Waals surface area contributed by atoms with Gasteiger partial charge in [0.05, 0.1) is 22.7 Å². The first-order valence-electron chi connectivity index (χ1n) is 2.91. The van der Waals surface area contributed by atoms with E-state index in [9.17, 15) is 0 Å². The third-order valence-electron chi connectivity index (χ3n) is 1.16. The van der Waals surface area contributed by atoms with Crippen LogP contribution in [0, 0.1) is 11.3 Å². The summed E-state index contributed by atoms with van der Waals surface area (Å²) in [5.74, 6) is 0. The highest BCUT2D eigenvalue weighted by Gasteiger charge is 2.02. The first kappa shape index (κ1) is 8.69. The Balaban J connectivity index is 3.08. The fourth-order valence-corrected chi connectivity index (χ4v) is 1.38. The average molecular weight is 276 g/mol. The van der Waals surface area contributed by atoms with Crippen molar-refractivity contribution >= 4 is 31.9 Å². The zero-order valence-electron chi connectivity index (χ0n) is 5.51. The van der Waals surface area contributed by atoms with E-state index >= 15 is 0 Å². The Morgan fingerprint density at radius 1 is 1.55 bits per heavy atom. The van der Waals surface area contributed by atoms with E-state index in [0.717, 1.165) is 14.6 Å². The van der Waals surface area contributed by atoms with Crippen LogP contribution in [0.2, 0.25) is 0 Å². The minimum absolute atomic E-state index is 0.333. The lowest BCUT2D eigenvalue weighted by molar-refractivity contribution is 1.09. The number of halogens is 2. The number of nitrogens with zero attached hydrogens (tertiary/aromatic N) is 2. The van der Waals surface area contributed by atoms with Gasteiger partial charge in [-0.05, 0) is 37.9 Å². The van der Waals surface area contributed by atoms with Gasteiger partial charge in [0.2, 0.25) is 0 Å². The van der Waals surface area contributed by atoms with Crippen LogP contribution in [0.25, 0.3) is 0 Å².